The lowest BCUT2D eigenvalue weighted by atomic mass is 10.1. The van der Waals surface area contributed by atoms with E-state index in [0.717, 1.165) is 4.90 Å². The number of hydrogen-bond donors (Lipinski definition) is 1. The molecule has 110 valence electrons. The molecule has 1 amide bonds. The molecule has 0 fully saturated rings. The van der Waals surface area contributed by atoms with Crippen molar-refractivity contribution >= 4 is 11.9 Å². The average molecular weight is 295 g/mol. The molecule has 0 unspecified atom stereocenters. The molecule has 7 heteroatoms. The van der Waals surface area contributed by atoms with Crippen LogP contribution >= 0.6 is 0 Å². The molecule has 0 saturated carbocycles. The molecule has 21 heavy (non-hydrogen) atoms. The Morgan fingerprint density at radius 1 is 1.24 bits per heavy atom. The number of hydrogen-bond acceptors (Lipinski definition) is 3. The van der Waals surface area contributed by atoms with Crippen LogP contribution in [0.5, 0.6) is 0 Å². The number of nitrogens with zero attached hydrogens (tertiary/aromatic N) is 1. The van der Waals surface area contributed by atoms with Crippen LogP contribution in [-0.4, -0.2) is 28.9 Å². The highest BCUT2D eigenvalue weighted by Crippen LogP contribution is 2.18. The Balaban J connectivity index is 2.33. The molecule has 1 heterocycles. The minimum absolute atomic E-state index is 0.0733. The van der Waals surface area contributed by atoms with E-state index in [1.807, 2.05) is 0 Å². The predicted molar refractivity (Wildman–Crippen MR) is 67.8 cm³/mol. The summed E-state index contributed by atoms with van der Waals surface area (Å²) < 4.78 is 31.4. The smallest absolute Gasteiger partial charge is 0.336 e. The van der Waals surface area contributed by atoms with Crippen LogP contribution in [0, 0.1) is 11.6 Å². The highest BCUT2D eigenvalue weighted by molar-refractivity contribution is 6.04. The molecule has 0 aliphatic carbocycles. The zero-order valence-electron chi connectivity index (χ0n) is 11.0. The van der Waals surface area contributed by atoms with Gasteiger partial charge in [0.25, 0.3) is 5.91 Å². The zero-order chi connectivity index (χ0) is 15.6. The first kappa shape index (κ1) is 14.7. The van der Waals surface area contributed by atoms with Crippen molar-refractivity contribution in [1.82, 2.24) is 4.90 Å². The monoisotopic (exact) mass is 295 g/mol. The molecule has 0 aliphatic rings. The normalized spacial score (nSPS) is 10.4. The number of halogens is 2. The summed E-state index contributed by atoms with van der Waals surface area (Å²) in [6.45, 7) is 0.0733. The van der Waals surface area contributed by atoms with Crippen LogP contribution in [0.1, 0.15) is 26.5 Å². The van der Waals surface area contributed by atoms with Crippen molar-refractivity contribution in [1.29, 1.82) is 0 Å². The summed E-state index contributed by atoms with van der Waals surface area (Å²) in [5.74, 6) is -4.39. The molecule has 1 N–H and O–H groups in total. The van der Waals surface area contributed by atoms with Gasteiger partial charge in [-0.15, -0.1) is 0 Å². The van der Waals surface area contributed by atoms with Crippen molar-refractivity contribution in [2.24, 2.45) is 0 Å². The van der Waals surface area contributed by atoms with E-state index in [2.05, 4.69) is 0 Å². The summed E-state index contributed by atoms with van der Waals surface area (Å²) in [4.78, 5) is 24.4. The summed E-state index contributed by atoms with van der Waals surface area (Å²) >= 11 is 0. The number of benzene rings is 1. The van der Waals surface area contributed by atoms with E-state index in [4.69, 9.17) is 9.52 Å². The van der Waals surface area contributed by atoms with Gasteiger partial charge in [0.15, 0.2) is 11.6 Å². The van der Waals surface area contributed by atoms with Crippen LogP contribution in [0.15, 0.2) is 34.9 Å². The third-order valence-electron chi connectivity index (χ3n) is 2.84. The Bertz CT molecular complexity index is 683. The number of carboxylic acid groups (broad SMARTS) is 1. The summed E-state index contributed by atoms with van der Waals surface area (Å²) in [6, 6.07) is 4.34. The van der Waals surface area contributed by atoms with Gasteiger partial charge in [-0.1, -0.05) is 0 Å². The van der Waals surface area contributed by atoms with Gasteiger partial charge in [-0.05, 0) is 24.3 Å². The van der Waals surface area contributed by atoms with Crippen molar-refractivity contribution in [2.75, 3.05) is 7.05 Å². The molecule has 0 radical (unpaired) electrons. The van der Waals surface area contributed by atoms with Gasteiger partial charge >= 0.3 is 5.97 Å². The van der Waals surface area contributed by atoms with Gasteiger partial charge in [-0.2, -0.15) is 0 Å². The number of carbonyl (C=O) groups excluding carboxylic acids is 1. The van der Waals surface area contributed by atoms with E-state index < -0.39 is 34.6 Å². The van der Waals surface area contributed by atoms with Gasteiger partial charge in [0.2, 0.25) is 0 Å². The summed E-state index contributed by atoms with van der Waals surface area (Å²) in [5.41, 5.74) is -1.01. The van der Waals surface area contributed by atoms with E-state index in [0.29, 0.717) is 17.9 Å². The quantitative estimate of drug-likeness (QED) is 0.941. The Kier molecular flexibility index (Phi) is 4.02. The largest absolute Gasteiger partial charge is 0.478 e. The number of amides is 1. The lowest BCUT2D eigenvalue weighted by molar-refractivity contribution is 0.0678. The lowest BCUT2D eigenvalue weighted by Gasteiger charge is -2.17. The predicted octanol–water partition coefficient (Wildman–Crippen LogP) is 2.53. The third kappa shape index (κ3) is 3.07. The molecule has 0 bridgehead atoms. The molecular weight excluding hydrogens is 284 g/mol. The maximum atomic E-state index is 13.3. The van der Waals surface area contributed by atoms with Gasteiger partial charge in [-0.3, -0.25) is 4.79 Å². The highest BCUT2D eigenvalue weighted by Gasteiger charge is 2.23. The Labute approximate surface area is 118 Å². The van der Waals surface area contributed by atoms with E-state index in [9.17, 15) is 18.4 Å². The van der Waals surface area contributed by atoms with E-state index in [1.54, 1.807) is 12.1 Å². The molecule has 5 nitrogen and oxygen atoms in total. The zero-order valence-corrected chi connectivity index (χ0v) is 11.0. The van der Waals surface area contributed by atoms with Crippen molar-refractivity contribution < 1.29 is 27.9 Å². The van der Waals surface area contributed by atoms with Gasteiger partial charge in [-0.25, -0.2) is 13.6 Å². The molecule has 2 rings (SSSR count). The third-order valence-corrected chi connectivity index (χ3v) is 2.84. The van der Waals surface area contributed by atoms with E-state index in [1.165, 1.54) is 13.3 Å². The van der Waals surface area contributed by atoms with Gasteiger partial charge in [0, 0.05) is 7.05 Å². The van der Waals surface area contributed by atoms with Crippen LogP contribution in [0.25, 0.3) is 0 Å². The average Bonchev–Trinajstić information content (AvgIpc) is 2.93. The van der Waals surface area contributed by atoms with Crippen molar-refractivity contribution in [3.63, 3.8) is 0 Å². The highest BCUT2D eigenvalue weighted by atomic mass is 19.2. The summed E-state index contributed by atoms with van der Waals surface area (Å²) in [6.07, 6.45) is 1.42. The van der Waals surface area contributed by atoms with Crippen LogP contribution in [0.4, 0.5) is 8.78 Å². The van der Waals surface area contributed by atoms with Crippen LogP contribution in [-0.2, 0) is 6.54 Å². The molecular formula is C14H11F2NO4. The molecule has 0 saturated heterocycles. The number of aromatic carboxylic acids is 1. The fourth-order valence-corrected chi connectivity index (χ4v) is 1.81. The Morgan fingerprint density at radius 2 is 1.86 bits per heavy atom. The number of carboxylic acids is 1. The summed E-state index contributed by atoms with van der Waals surface area (Å²) in [7, 11) is 1.40. The second-order valence-corrected chi connectivity index (χ2v) is 4.36. The van der Waals surface area contributed by atoms with Crippen LogP contribution < -0.4 is 0 Å². The minimum atomic E-state index is -1.51. The minimum Gasteiger partial charge on any atom is -0.478 e. The first-order valence-electron chi connectivity index (χ1n) is 5.90. The number of carbonyl (C=O) groups is 2. The molecule has 0 atom stereocenters. The Hall–Kier alpha value is -2.70. The van der Waals surface area contributed by atoms with Crippen molar-refractivity contribution in [3.8, 4) is 0 Å². The second-order valence-electron chi connectivity index (χ2n) is 4.36. The van der Waals surface area contributed by atoms with Gasteiger partial charge in [0.1, 0.15) is 5.76 Å². The fraction of sp³-hybridized carbons (Fsp3) is 0.143. The van der Waals surface area contributed by atoms with E-state index in [-0.39, 0.29) is 6.54 Å². The van der Waals surface area contributed by atoms with Crippen molar-refractivity contribution in [3.05, 3.63) is 59.1 Å². The molecule has 0 aliphatic heterocycles. The fourth-order valence-electron chi connectivity index (χ4n) is 1.81. The van der Waals surface area contributed by atoms with Crippen LogP contribution in [0.2, 0.25) is 0 Å². The van der Waals surface area contributed by atoms with Gasteiger partial charge in [0.05, 0.1) is 23.9 Å². The topological polar surface area (TPSA) is 70.8 Å². The Morgan fingerprint density at radius 3 is 2.38 bits per heavy atom. The second kappa shape index (κ2) is 5.74. The van der Waals surface area contributed by atoms with Crippen LogP contribution in [0.3, 0.4) is 0 Å². The summed E-state index contributed by atoms with van der Waals surface area (Å²) in [5, 5.41) is 8.99. The SMILES string of the molecule is CN(Cc1ccco1)C(=O)c1cc(F)c(F)cc1C(=O)O. The van der Waals surface area contributed by atoms with Crippen molar-refractivity contribution in [2.45, 2.75) is 6.54 Å². The molecule has 0 spiro atoms. The maximum Gasteiger partial charge on any atom is 0.336 e. The molecule has 2 aromatic rings. The maximum absolute atomic E-state index is 13.3. The number of rotatable bonds is 4. The van der Waals surface area contributed by atoms with Gasteiger partial charge < -0.3 is 14.4 Å². The lowest BCUT2D eigenvalue weighted by Crippen LogP contribution is -2.28. The number of furan rings is 1. The molecule has 1 aromatic heterocycles. The van der Waals surface area contributed by atoms with E-state index >= 15 is 0 Å². The molecule has 1 aromatic carbocycles. The first-order chi connectivity index (χ1) is 9.90. The first-order valence-corrected chi connectivity index (χ1v) is 5.90. The standard InChI is InChI=1S/C14H11F2NO4/c1-17(7-8-3-2-4-21-8)13(18)9-5-11(15)12(16)6-10(9)14(19)20/h2-6H,7H2,1H3,(H,19,20).